The fourth-order valence-electron chi connectivity index (χ4n) is 2.34. The first kappa shape index (κ1) is 13.2. The molecule has 20 heavy (non-hydrogen) atoms. The van der Waals surface area contributed by atoms with Gasteiger partial charge in [-0.2, -0.15) is 5.10 Å². The fraction of sp³-hybridized carbons (Fsp3) is 0.417. The van der Waals surface area contributed by atoms with Gasteiger partial charge in [-0.05, 0) is 31.9 Å². The standard InChI is InChI=1S/C12H15N5O2S/c1-9-14-12-11(5-3-7-17(12)15-9)16-20(18,19)10-4-2-6-13-8-10/h2,4,6,8,11,16H,3,5,7H2,1H3/t11-/m0/s1. The molecule has 8 heteroatoms. The predicted octanol–water partition coefficient (Wildman–Crippen LogP) is 0.795. The Hall–Kier alpha value is -1.80. The Balaban J connectivity index is 1.89. The molecular weight excluding hydrogens is 278 g/mol. The van der Waals surface area contributed by atoms with E-state index >= 15 is 0 Å². The lowest BCUT2D eigenvalue weighted by Crippen LogP contribution is -2.33. The second-order valence-electron chi connectivity index (χ2n) is 4.75. The second kappa shape index (κ2) is 4.95. The first-order valence-corrected chi connectivity index (χ1v) is 7.88. The summed E-state index contributed by atoms with van der Waals surface area (Å²) in [6.07, 6.45) is 4.47. The van der Waals surface area contributed by atoms with Gasteiger partial charge in [0.25, 0.3) is 0 Å². The summed E-state index contributed by atoms with van der Waals surface area (Å²) < 4.78 is 29.1. The minimum Gasteiger partial charge on any atom is -0.263 e. The van der Waals surface area contributed by atoms with E-state index in [1.165, 1.54) is 12.3 Å². The van der Waals surface area contributed by atoms with Crippen molar-refractivity contribution in [2.75, 3.05) is 0 Å². The third-order valence-corrected chi connectivity index (χ3v) is 4.68. The van der Waals surface area contributed by atoms with E-state index in [9.17, 15) is 8.42 Å². The maximum absolute atomic E-state index is 12.3. The zero-order valence-electron chi connectivity index (χ0n) is 11.0. The molecule has 2 aromatic rings. The van der Waals surface area contributed by atoms with Crippen LogP contribution < -0.4 is 4.72 Å². The summed E-state index contributed by atoms with van der Waals surface area (Å²) in [7, 11) is -3.59. The van der Waals surface area contributed by atoms with E-state index in [1.54, 1.807) is 23.9 Å². The van der Waals surface area contributed by atoms with Crippen LogP contribution in [0.2, 0.25) is 0 Å². The number of aromatic nitrogens is 4. The van der Waals surface area contributed by atoms with Crippen LogP contribution in [0.5, 0.6) is 0 Å². The minimum atomic E-state index is -3.59. The van der Waals surface area contributed by atoms with Crippen molar-refractivity contribution in [1.29, 1.82) is 0 Å². The topological polar surface area (TPSA) is 89.8 Å². The van der Waals surface area contributed by atoms with E-state index in [-0.39, 0.29) is 10.9 Å². The van der Waals surface area contributed by atoms with E-state index in [2.05, 4.69) is 19.8 Å². The van der Waals surface area contributed by atoms with Gasteiger partial charge in [0.05, 0.1) is 6.04 Å². The Morgan fingerprint density at radius 3 is 3.05 bits per heavy atom. The highest BCUT2D eigenvalue weighted by atomic mass is 32.2. The van der Waals surface area contributed by atoms with Crippen LogP contribution in [0.1, 0.15) is 30.5 Å². The molecule has 0 radical (unpaired) electrons. The van der Waals surface area contributed by atoms with Gasteiger partial charge in [0.15, 0.2) is 0 Å². The van der Waals surface area contributed by atoms with Crippen LogP contribution in [0.25, 0.3) is 0 Å². The summed E-state index contributed by atoms with van der Waals surface area (Å²) in [5, 5.41) is 4.26. The van der Waals surface area contributed by atoms with Crippen LogP contribution in [0.15, 0.2) is 29.4 Å². The average molecular weight is 293 g/mol. The van der Waals surface area contributed by atoms with Gasteiger partial charge in [0.2, 0.25) is 10.0 Å². The Morgan fingerprint density at radius 2 is 2.30 bits per heavy atom. The molecule has 1 atom stereocenters. The average Bonchev–Trinajstić information content (AvgIpc) is 2.81. The molecule has 7 nitrogen and oxygen atoms in total. The summed E-state index contributed by atoms with van der Waals surface area (Å²) in [4.78, 5) is 8.32. The molecule has 0 unspecified atom stereocenters. The Kier molecular flexibility index (Phi) is 3.27. The minimum absolute atomic E-state index is 0.161. The van der Waals surface area contributed by atoms with Gasteiger partial charge in [0.1, 0.15) is 16.5 Å². The fourth-order valence-corrected chi connectivity index (χ4v) is 3.53. The number of hydrogen-bond acceptors (Lipinski definition) is 5. The smallest absolute Gasteiger partial charge is 0.242 e. The number of aryl methyl sites for hydroxylation is 2. The molecular formula is C12H15N5O2S. The predicted molar refractivity (Wildman–Crippen MR) is 71.3 cm³/mol. The second-order valence-corrected chi connectivity index (χ2v) is 6.46. The van der Waals surface area contributed by atoms with Gasteiger partial charge >= 0.3 is 0 Å². The monoisotopic (exact) mass is 293 g/mol. The maximum Gasteiger partial charge on any atom is 0.242 e. The first-order valence-electron chi connectivity index (χ1n) is 6.40. The van der Waals surface area contributed by atoms with E-state index in [0.717, 1.165) is 19.4 Å². The van der Waals surface area contributed by atoms with Crippen LogP contribution in [0, 0.1) is 6.92 Å². The van der Waals surface area contributed by atoms with Crippen molar-refractivity contribution in [3.63, 3.8) is 0 Å². The van der Waals surface area contributed by atoms with Crippen molar-refractivity contribution in [2.24, 2.45) is 0 Å². The van der Waals surface area contributed by atoms with Gasteiger partial charge in [-0.3, -0.25) is 4.98 Å². The quantitative estimate of drug-likeness (QED) is 0.904. The molecule has 106 valence electrons. The molecule has 0 amide bonds. The van der Waals surface area contributed by atoms with Crippen LogP contribution >= 0.6 is 0 Å². The molecule has 2 aromatic heterocycles. The van der Waals surface area contributed by atoms with Crippen LogP contribution in [0.3, 0.4) is 0 Å². The summed E-state index contributed by atoms with van der Waals surface area (Å²) >= 11 is 0. The molecule has 1 N–H and O–H groups in total. The SMILES string of the molecule is Cc1nc2n(n1)CCC[C@@H]2NS(=O)(=O)c1cccnc1. The highest BCUT2D eigenvalue weighted by molar-refractivity contribution is 7.89. The van der Waals surface area contributed by atoms with Gasteiger partial charge < -0.3 is 0 Å². The third kappa shape index (κ3) is 2.44. The molecule has 0 spiro atoms. The van der Waals surface area contributed by atoms with Crippen molar-refractivity contribution >= 4 is 10.0 Å². The first-order chi connectivity index (χ1) is 9.56. The zero-order valence-corrected chi connectivity index (χ0v) is 11.8. The summed E-state index contributed by atoms with van der Waals surface area (Å²) in [6.45, 7) is 2.58. The van der Waals surface area contributed by atoms with Crippen LogP contribution in [-0.4, -0.2) is 28.2 Å². The number of nitrogens with zero attached hydrogens (tertiary/aromatic N) is 4. The van der Waals surface area contributed by atoms with Gasteiger partial charge in [-0.1, -0.05) is 0 Å². The largest absolute Gasteiger partial charge is 0.263 e. The molecule has 0 aliphatic carbocycles. The summed E-state index contributed by atoms with van der Waals surface area (Å²) in [6, 6.07) is 2.78. The molecule has 0 bridgehead atoms. The van der Waals surface area contributed by atoms with E-state index < -0.39 is 10.0 Å². The lowest BCUT2D eigenvalue weighted by atomic mass is 10.1. The maximum atomic E-state index is 12.3. The molecule has 1 aliphatic rings. The van der Waals surface area contributed by atoms with E-state index in [4.69, 9.17) is 0 Å². The summed E-state index contributed by atoms with van der Waals surface area (Å²) in [5.41, 5.74) is 0. The van der Waals surface area contributed by atoms with Gasteiger partial charge in [0, 0.05) is 18.9 Å². The number of rotatable bonds is 3. The molecule has 0 aromatic carbocycles. The molecule has 0 fully saturated rings. The van der Waals surface area contributed by atoms with E-state index in [0.29, 0.717) is 11.6 Å². The number of hydrogen-bond donors (Lipinski definition) is 1. The third-order valence-electron chi connectivity index (χ3n) is 3.22. The van der Waals surface area contributed by atoms with Crippen LogP contribution in [-0.2, 0) is 16.6 Å². The molecule has 3 heterocycles. The molecule has 0 saturated carbocycles. The van der Waals surface area contributed by atoms with Crippen molar-refractivity contribution in [3.05, 3.63) is 36.2 Å². The van der Waals surface area contributed by atoms with Crippen LogP contribution in [0.4, 0.5) is 0 Å². The Bertz CT molecular complexity index is 711. The van der Waals surface area contributed by atoms with Gasteiger partial charge in [-0.15, -0.1) is 0 Å². The Labute approximate surface area is 117 Å². The van der Waals surface area contributed by atoms with Crippen molar-refractivity contribution < 1.29 is 8.42 Å². The van der Waals surface area contributed by atoms with Gasteiger partial charge in [-0.25, -0.2) is 22.8 Å². The zero-order chi connectivity index (χ0) is 14.2. The van der Waals surface area contributed by atoms with Crippen molar-refractivity contribution in [1.82, 2.24) is 24.5 Å². The molecule has 3 rings (SSSR count). The highest BCUT2D eigenvalue weighted by Gasteiger charge is 2.28. The number of fused-ring (bicyclic) bond motifs is 1. The Morgan fingerprint density at radius 1 is 1.45 bits per heavy atom. The normalized spacial score (nSPS) is 18.8. The highest BCUT2D eigenvalue weighted by Crippen LogP contribution is 2.24. The number of pyridine rings is 1. The lowest BCUT2D eigenvalue weighted by Gasteiger charge is -2.22. The number of nitrogens with one attached hydrogen (secondary N) is 1. The van der Waals surface area contributed by atoms with E-state index in [1.807, 2.05) is 0 Å². The molecule has 1 aliphatic heterocycles. The number of sulfonamides is 1. The molecule has 0 saturated heterocycles. The summed E-state index contributed by atoms with van der Waals surface area (Å²) in [5.74, 6) is 1.34. The van der Waals surface area contributed by atoms with Crippen molar-refractivity contribution in [3.8, 4) is 0 Å². The van der Waals surface area contributed by atoms with Crippen molar-refractivity contribution in [2.45, 2.75) is 37.2 Å². The lowest BCUT2D eigenvalue weighted by molar-refractivity contribution is 0.399.